The van der Waals surface area contributed by atoms with Gasteiger partial charge in [0, 0.05) is 20.6 Å². The lowest BCUT2D eigenvalue weighted by Crippen LogP contribution is -2.10. The maximum Gasteiger partial charge on any atom is 0.0780 e. The molecule has 1 nitrogen and oxygen atoms in total. The summed E-state index contributed by atoms with van der Waals surface area (Å²) in [4.78, 5) is 3.05. The number of thiophene rings is 1. The van der Waals surface area contributed by atoms with E-state index in [1.807, 2.05) is 0 Å². The van der Waals surface area contributed by atoms with Gasteiger partial charge in [0.1, 0.15) is 0 Å². The van der Waals surface area contributed by atoms with Crippen molar-refractivity contribution in [1.29, 1.82) is 0 Å². The van der Waals surface area contributed by atoms with Crippen LogP contribution in [0.4, 0.5) is 0 Å². The molecule has 0 saturated heterocycles. The number of aryl methyl sites for hydroxylation is 1. The van der Waals surface area contributed by atoms with Gasteiger partial charge in [-0.3, -0.25) is 0 Å². The summed E-state index contributed by atoms with van der Waals surface area (Å²) in [5, 5.41) is 0. The van der Waals surface area contributed by atoms with Crippen LogP contribution in [0, 0.1) is 6.92 Å². The van der Waals surface area contributed by atoms with Gasteiger partial charge in [-0.2, -0.15) is 0 Å². The molecule has 0 spiro atoms. The second-order valence-electron chi connectivity index (χ2n) is 2.27. The van der Waals surface area contributed by atoms with Crippen LogP contribution in [-0.2, 0) is 6.42 Å². The second-order valence-corrected chi connectivity index (χ2v) is 4.99. The van der Waals surface area contributed by atoms with Gasteiger partial charge < -0.3 is 5.73 Å². The van der Waals surface area contributed by atoms with E-state index in [1.165, 1.54) is 9.75 Å². The van der Waals surface area contributed by atoms with Crippen molar-refractivity contribution in [2.45, 2.75) is 13.3 Å². The van der Waals surface area contributed by atoms with Gasteiger partial charge in [0.25, 0.3) is 0 Å². The first-order chi connectivity index (χ1) is 5.09. The molecule has 2 N–H and O–H groups in total. The average Bonchev–Trinajstić information content (AvgIpc) is 2.09. The first kappa shape index (κ1) is 9.16. The molecule has 0 aliphatic carbocycles. The zero-order chi connectivity index (χ0) is 8.43. The van der Waals surface area contributed by atoms with Gasteiger partial charge in [0.2, 0.25) is 0 Å². The number of nitrogens with two attached hydrogens (primary N) is 1. The van der Waals surface area contributed by atoms with E-state index >= 15 is 0 Å². The summed E-state index contributed by atoms with van der Waals surface area (Å²) in [7, 11) is 0. The smallest absolute Gasteiger partial charge is 0.0780 e. The standard InChI is InChI=1S/C7H8BrNS2/c1-4-2-5(8)6(11-4)3-7(9)10/h2H,3H2,1H3,(H2,9,10). The Bertz CT molecular complexity index is 280. The molecule has 1 rings (SSSR count). The quantitative estimate of drug-likeness (QED) is 0.816. The van der Waals surface area contributed by atoms with Crippen LogP contribution in [-0.4, -0.2) is 4.99 Å². The largest absolute Gasteiger partial charge is 0.393 e. The maximum absolute atomic E-state index is 5.42. The summed E-state index contributed by atoms with van der Waals surface area (Å²) >= 11 is 9.98. The number of hydrogen-bond donors (Lipinski definition) is 1. The van der Waals surface area contributed by atoms with Crippen molar-refractivity contribution in [3.8, 4) is 0 Å². The van der Waals surface area contributed by atoms with Crippen LogP contribution >= 0.6 is 39.5 Å². The fourth-order valence-electron chi connectivity index (χ4n) is 0.810. The van der Waals surface area contributed by atoms with Gasteiger partial charge in [0.05, 0.1) is 4.99 Å². The fourth-order valence-corrected chi connectivity index (χ4v) is 2.87. The Morgan fingerprint density at radius 2 is 2.45 bits per heavy atom. The molecule has 0 aliphatic heterocycles. The highest BCUT2D eigenvalue weighted by Crippen LogP contribution is 2.26. The summed E-state index contributed by atoms with van der Waals surface area (Å²) in [5.74, 6) is 0. The van der Waals surface area contributed by atoms with Crippen LogP contribution in [0.15, 0.2) is 10.5 Å². The molecule has 0 aliphatic rings. The third-order valence-electron chi connectivity index (χ3n) is 1.22. The molecular weight excluding hydrogens is 242 g/mol. The van der Waals surface area contributed by atoms with Crippen molar-refractivity contribution < 1.29 is 0 Å². The minimum absolute atomic E-state index is 0.549. The van der Waals surface area contributed by atoms with E-state index in [2.05, 4.69) is 28.9 Å². The highest BCUT2D eigenvalue weighted by atomic mass is 79.9. The third kappa shape index (κ3) is 2.54. The zero-order valence-electron chi connectivity index (χ0n) is 6.06. The van der Waals surface area contributed by atoms with Gasteiger partial charge in [-0.25, -0.2) is 0 Å². The summed E-state index contributed by atoms with van der Waals surface area (Å²) in [6.07, 6.45) is 0.703. The Hall–Kier alpha value is 0.0700. The number of hydrogen-bond acceptors (Lipinski definition) is 2. The predicted octanol–water partition coefficient (Wildman–Crippen LogP) is 2.65. The monoisotopic (exact) mass is 249 g/mol. The lowest BCUT2D eigenvalue weighted by atomic mass is 10.3. The van der Waals surface area contributed by atoms with Crippen LogP contribution in [0.2, 0.25) is 0 Å². The summed E-state index contributed by atoms with van der Waals surface area (Å²) < 4.78 is 1.12. The van der Waals surface area contributed by atoms with E-state index in [1.54, 1.807) is 11.3 Å². The Morgan fingerprint density at radius 3 is 2.82 bits per heavy atom. The van der Waals surface area contributed by atoms with Gasteiger partial charge in [-0.15, -0.1) is 11.3 Å². The van der Waals surface area contributed by atoms with E-state index in [4.69, 9.17) is 18.0 Å². The van der Waals surface area contributed by atoms with E-state index in [9.17, 15) is 0 Å². The van der Waals surface area contributed by atoms with Gasteiger partial charge in [0.15, 0.2) is 0 Å². The van der Waals surface area contributed by atoms with E-state index in [-0.39, 0.29) is 0 Å². The summed E-state index contributed by atoms with van der Waals surface area (Å²) in [5.41, 5.74) is 5.42. The predicted molar refractivity (Wildman–Crippen MR) is 57.2 cm³/mol. The molecule has 0 unspecified atom stereocenters. The van der Waals surface area contributed by atoms with Gasteiger partial charge >= 0.3 is 0 Å². The molecule has 0 bridgehead atoms. The number of rotatable bonds is 2. The molecule has 1 aromatic heterocycles. The summed E-state index contributed by atoms with van der Waals surface area (Å²) in [6, 6.07) is 2.08. The topological polar surface area (TPSA) is 26.0 Å². The molecule has 1 heterocycles. The fraction of sp³-hybridized carbons (Fsp3) is 0.286. The molecule has 4 heteroatoms. The molecular formula is C7H8BrNS2. The van der Waals surface area contributed by atoms with Crippen LogP contribution in [0.5, 0.6) is 0 Å². The van der Waals surface area contributed by atoms with Crippen LogP contribution in [0.1, 0.15) is 9.75 Å². The molecule has 11 heavy (non-hydrogen) atoms. The molecule has 0 fully saturated rings. The Kier molecular flexibility index (Phi) is 3.04. The second kappa shape index (κ2) is 3.65. The van der Waals surface area contributed by atoms with Crippen molar-refractivity contribution in [1.82, 2.24) is 0 Å². The normalized spacial score (nSPS) is 10.0. The Labute approximate surface area is 83.7 Å². The van der Waals surface area contributed by atoms with Crippen molar-refractivity contribution in [2.24, 2.45) is 5.73 Å². The van der Waals surface area contributed by atoms with Crippen LogP contribution < -0.4 is 5.73 Å². The molecule has 0 amide bonds. The third-order valence-corrected chi connectivity index (χ3v) is 3.38. The van der Waals surface area contributed by atoms with E-state index in [0.29, 0.717) is 11.4 Å². The minimum Gasteiger partial charge on any atom is -0.393 e. The van der Waals surface area contributed by atoms with Crippen molar-refractivity contribution in [3.63, 3.8) is 0 Å². The lowest BCUT2D eigenvalue weighted by Gasteiger charge is -1.93. The molecule has 0 saturated carbocycles. The van der Waals surface area contributed by atoms with Gasteiger partial charge in [-0.05, 0) is 28.9 Å². The Balaban J connectivity index is 2.85. The first-order valence-electron chi connectivity index (χ1n) is 3.12. The zero-order valence-corrected chi connectivity index (χ0v) is 9.28. The van der Waals surface area contributed by atoms with Crippen molar-refractivity contribution >= 4 is 44.5 Å². The maximum atomic E-state index is 5.42. The number of halogens is 1. The molecule has 0 radical (unpaired) electrons. The Morgan fingerprint density at radius 1 is 1.82 bits per heavy atom. The highest BCUT2D eigenvalue weighted by molar-refractivity contribution is 9.10. The summed E-state index contributed by atoms with van der Waals surface area (Å²) in [6.45, 7) is 2.07. The van der Waals surface area contributed by atoms with Crippen LogP contribution in [0.25, 0.3) is 0 Å². The van der Waals surface area contributed by atoms with Crippen molar-refractivity contribution in [3.05, 3.63) is 20.3 Å². The SMILES string of the molecule is Cc1cc(Br)c(CC(N)=S)s1. The minimum atomic E-state index is 0.549. The first-order valence-corrected chi connectivity index (χ1v) is 5.14. The lowest BCUT2D eigenvalue weighted by molar-refractivity contribution is 1.39. The molecule has 0 atom stereocenters. The molecule has 1 aromatic rings. The van der Waals surface area contributed by atoms with Gasteiger partial charge in [-0.1, -0.05) is 12.2 Å². The van der Waals surface area contributed by atoms with Crippen LogP contribution in [0.3, 0.4) is 0 Å². The van der Waals surface area contributed by atoms with Crippen molar-refractivity contribution in [2.75, 3.05) is 0 Å². The van der Waals surface area contributed by atoms with E-state index < -0.39 is 0 Å². The average molecular weight is 250 g/mol. The highest BCUT2D eigenvalue weighted by Gasteiger charge is 2.04. The molecule has 60 valence electrons. The molecule has 0 aromatic carbocycles. The van der Waals surface area contributed by atoms with E-state index in [0.717, 1.165) is 4.47 Å². The number of thiocarbonyl (C=S) groups is 1.